The first-order valence-electron chi connectivity index (χ1n) is 26.1. The van der Waals surface area contributed by atoms with E-state index in [9.17, 15) is 24.3 Å². The van der Waals surface area contributed by atoms with Gasteiger partial charge in [-0.1, -0.05) is 64.6 Å². The van der Waals surface area contributed by atoms with Crippen LogP contribution in [0.2, 0.25) is 0 Å². The van der Waals surface area contributed by atoms with Gasteiger partial charge in [-0.05, 0) is 112 Å². The number of nitrogens with zero attached hydrogens (tertiary/aromatic N) is 7. The Balaban J connectivity index is 1.27. The highest BCUT2D eigenvalue weighted by Gasteiger charge is 2.48. The second-order valence-electron chi connectivity index (χ2n) is 22.4. The van der Waals surface area contributed by atoms with E-state index in [1.165, 1.54) is 23.1 Å². The standard InChI is InChI=1S/C57H79N9O8/c1-14-46(67)61(11)27-28-63-29-30-64(35-38(63)5)53(71)62(12)47(37(3)4)50(68)59-56(9)33-39-19-16-20-40(31-39)41-22-23-45-43(32-41)44(48(65(45)15-2)42-21-17-25-58-49(42)57(10,72)73-13)34-54(6,7)36-74-52(70)55(8)24-18-26-66(60-55)51(56)69/h14,16-17,19-23,25,31-32,37-38,47,60,72H,1,15,18,24,26-30,33-36H2,2-13H3,(H,59,68)/t38-,47+,55+,56?,57+/m1/s1. The Kier molecular flexibility index (Phi) is 16.5. The lowest BCUT2D eigenvalue weighted by atomic mass is 9.83. The number of carbonyl (C=O) groups is 5. The van der Waals surface area contributed by atoms with Crippen molar-refractivity contribution in [3.63, 3.8) is 0 Å². The first kappa shape index (κ1) is 55.6. The fourth-order valence-electron chi connectivity index (χ4n) is 11.1. The molecule has 0 aliphatic carbocycles. The van der Waals surface area contributed by atoms with Gasteiger partial charge in [0.2, 0.25) is 17.6 Å². The number of ether oxygens (including phenoxy) is 2. The number of urea groups is 1. The van der Waals surface area contributed by atoms with Gasteiger partial charge in [-0.25, -0.2) is 15.0 Å². The lowest BCUT2D eigenvalue weighted by Gasteiger charge is -2.45. The maximum atomic E-state index is 15.3. The number of hydrazine groups is 1. The van der Waals surface area contributed by atoms with Crippen LogP contribution in [0.5, 0.6) is 0 Å². The minimum Gasteiger partial charge on any atom is -0.464 e. The molecule has 5 amide bonds. The van der Waals surface area contributed by atoms with E-state index in [2.05, 4.69) is 76.8 Å². The van der Waals surface area contributed by atoms with Crippen LogP contribution in [0.1, 0.15) is 92.0 Å². The number of aliphatic hydroxyl groups is 1. The van der Waals surface area contributed by atoms with Crippen molar-refractivity contribution < 1.29 is 38.6 Å². The molecule has 17 heteroatoms. The van der Waals surface area contributed by atoms with Crippen molar-refractivity contribution in [2.24, 2.45) is 11.3 Å². The van der Waals surface area contributed by atoms with Crippen LogP contribution in [0.4, 0.5) is 4.79 Å². The van der Waals surface area contributed by atoms with Gasteiger partial charge < -0.3 is 39.2 Å². The Hall–Kier alpha value is -6.14. The number of piperazine rings is 1. The first-order valence-corrected chi connectivity index (χ1v) is 26.1. The SMILES string of the molecule is C=CC(=O)N(C)CCN1CCN(C(=O)N(C)[C@H](C(=O)NC2(C)Cc3cccc(c3)-c3ccc4c(c3)c(c(-c3cccnc3[C@@](C)(O)OC)n4CC)CC(C)(C)COC(=O)[C@]3(C)CCCN(N3)C2=O)C(C)C)C[C@H]1C. The van der Waals surface area contributed by atoms with E-state index in [1.807, 2.05) is 51.1 Å². The number of aryl methyl sites for hydroxylation is 1. The molecule has 0 radical (unpaired) electrons. The topological polar surface area (TPSA) is 182 Å². The normalized spacial score (nSPS) is 22.9. The smallest absolute Gasteiger partial charge is 0.327 e. The van der Waals surface area contributed by atoms with Crippen molar-refractivity contribution in [3.8, 4) is 22.4 Å². The monoisotopic (exact) mass is 1020 g/mol. The van der Waals surface area contributed by atoms with E-state index in [-0.39, 0.29) is 43.5 Å². The summed E-state index contributed by atoms with van der Waals surface area (Å²) in [5.74, 6) is -3.59. The van der Waals surface area contributed by atoms with Crippen LogP contribution < -0.4 is 10.7 Å². The lowest BCUT2D eigenvalue weighted by molar-refractivity contribution is -0.181. The Bertz CT molecular complexity index is 2770. The molecule has 0 saturated carbocycles. The van der Waals surface area contributed by atoms with E-state index in [0.717, 1.165) is 44.4 Å². The molecule has 74 heavy (non-hydrogen) atoms. The summed E-state index contributed by atoms with van der Waals surface area (Å²) in [5, 5.41) is 17.1. The number of fused-ring (bicyclic) bond motifs is 6. The number of methoxy groups -OCH3 is 1. The van der Waals surface area contributed by atoms with E-state index < -0.39 is 46.1 Å². The second-order valence-corrected chi connectivity index (χ2v) is 22.4. The van der Waals surface area contributed by atoms with Crippen LogP contribution in [0.15, 0.2) is 73.4 Å². The van der Waals surface area contributed by atoms with Crippen molar-refractivity contribution in [2.75, 3.05) is 67.1 Å². The number of esters is 1. The maximum Gasteiger partial charge on any atom is 0.327 e. The molecular weight excluding hydrogens is 939 g/mol. The van der Waals surface area contributed by atoms with E-state index in [1.54, 1.807) is 50.9 Å². The second kappa shape index (κ2) is 22.0. The van der Waals surface area contributed by atoms with Crippen LogP contribution in [-0.4, -0.2) is 159 Å². The summed E-state index contributed by atoms with van der Waals surface area (Å²) in [5.41, 5.74) is 6.39. The summed E-state index contributed by atoms with van der Waals surface area (Å²) in [4.78, 5) is 82.9. The predicted octanol–water partition coefficient (Wildman–Crippen LogP) is 6.36. The Labute approximate surface area is 437 Å². The highest BCUT2D eigenvalue weighted by Crippen LogP contribution is 2.43. The van der Waals surface area contributed by atoms with E-state index >= 15 is 4.79 Å². The molecule has 17 nitrogen and oxygen atoms in total. The van der Waals surface area contributed by atoms with Gasteiger partial charge in [0.25, 0.3) is 5.91 Å². The third-order valence-electron chi connectivity index (χ3n) is 15.4. The molecule has 6 bridgehead atoms. The van der Waals surface area contributed by atoms with Gasteiger partial charge in [-0.2, -0.15) is 0 Å². The Morgan fingerprint density at radius 2 is 1.77 bits per heavy atom. The molecule has 2 aromatic carbocycles. The number of likely N-dealkylation sites (N-methyl/N-ethyl adjacent to an activating group) is 2. The lowest BCUT2D eigenvalue weighted by Crippen LogP contribution is -2.70. The Morgan fingerprint density at radius 1 is 1.04 bits per heavy atom. The van der Waals surface area contributed by atoms with Crippen LogP contribution in [0, 0.1) is 11.3 Å². The van der Waals surface area contributed by atoms with E-state index in [0.29, 0.717) is 64.2 Å². The molecule has 4 aromatic rings. The quantitative estimate of drug-likeness (QED) is 0.0817. The van der Waals surface area contributed by atoms with Gasteiger partial charge in [0.05, 0.1) is 12.3 Å². The number of hydrogen-bond donors (Lipinski definition) is 3. The zero-order chi connectivity index (χ0) is 54.1. The molecule has 2 aromatic heterocycles. The predicted molar refractivity (Wildman–Crippen MR) is 286 cm³/mol. The number of nitrogens with one attached hydrogen (secondary N) is 2. The molecule has 7 rings (SSSR count). The molecule has 400 valence electrons. The minimum absolute atomic E-state index is 0.00402. The molecule has 0 spiro atoms. The third-order valence-corrected chi connectivity index (χ3v) is 15.4. The molecule has 5 atom stereocenters. The Morgan fingerprint density at radius 3 is 2.45 bits per heavy atom. The van der Waals surface area contributed by atoms with Crippen molar-refractivity contribution in [1.82, 2.24) is 44.9 Å². The summed E-state index contributed by atoms with van der Waals surface area (Å²) in [6.45, 7) is 24.2. The molecule has 3 N–H and O–H groups in total. The van der Waals surface area contributed by atoms with Crippen molar-refractivity contribution >= 4 is 40.6 Å². The van der Waals surface area contributed by atoms with Crippen molar-refractivity contribution in [3.05, 3.63) is 90.3 Å². The van der Waals surface area contributed by atoms with E-state index in [4.69, 9.17) is 9.47 Å². The fraction of sp³-hybridized carbons (Fsp3) is 0.544. The van der Waals surface area contributed by atoms with Gasteiger partial charge in [0.15, 0.2) is 0 Å². The average Bonchev–Trinajstić information content (AvgIpc) is 3.67. The van der Waals surface area contributed by atoms with Gasteiger partial charge in [-0.15, -0.1) is 0 Å². The van der Waals surface area contributed by atoms with Crippen molar-refractivity contribution in [1.29, 1.82) is 0 Å². The van der Waals surface area contributed by atoms with Crippen LogP contribution >= 0.6 is 0 Å². The number of rotatable bonds is 12. The zero-order valence-corrected chi connectivity index (χ0v) is 45.7. The molecule has 2 fully saturated rings. The first-order chi connectivity index (χ1) is 34.9. The summed E-state index contributed by atoms with van der Waals surface area (Å²) >= 11 is 0. The van der Waals surface area contributed by atoms with Crippen LogP contribution in [0.25, 0.3) is 33.3 Å². The highest BCUT2D eigenvalue weighted by atomic mass is 16.6. The number of cyclic esters (lactones) is 1. The number of carbonyl (C=O) groups excluding carboxylic acids is 5. The van der Waals surface area contributed by atoms with Gasteiger partial charge in [0.1, 0.15) is 22.8 Å². The average molecular weight is 1020 g/mol. The van der Waals surface area contributed by atoms with Gasteiger partial charge >= 0.3 is 12.0 Å². The number of amides is 5. The van der Waals surface area contributed by atoms with Crippen LogP contribution in [0.3, 0.4) is 0 Å². The number of pyridine rings is 1. The summed E-state index contributed by atoms with van der Waals surface area (Å²) < 4.78 is 14.1. The molecule has 3 aliphatic heterocycles. The molecular formula is C57H79N9O8. The summed E-state index contributed by atoms with van der Waals surface area (Å²) in [6.07, 6.45) is 4.42. The summed E-state index contributed by atoms with van der Waals surface area (Å²) in [7, 11) is 4.83. The number of aromatic nitrogens is 2. The number of hydrogen-bond acceptors (Lipinski definition) is 11. The largest absolute Gasteiger partial charge is 0.464 e. The highest BCUT2D eigenvalue weighted by molar-refractivity contribution is 5.97. The maximum absolute atomic E-state index is 15.3. The summed E-state index contributed by atoms with van der Waals surface area (Å²) in [6, 6.07) is 16.9. The van der Waals surface area contributed by atoms with Crippen molar-refractivity contribution in [2.45, 2.75) is 123 Å². The van der Waals surface area contributed by atoms with Crippen LogP contribution in [-0.2, 0) is 53.8 Å². The number of benzene rings is 2. The fourth-order valence-corrected chi connectivity index (χ4v) is 11.1. The van der Waals surface area contributed by atoms with Gasteiger partial charge in [-0.3, -0.25) is 29.3 Å². The third kappa shape index (κ3) is 11.4. The van der Waals surface area contributed by atoms with Gasteiger partial charge in [0, 0.05) is 108 Å². The minimum atomic E-state index is -1.69. The zero-order valence-electron chi connectivity index (χ0n) is 45.7. The molecule has 3 aliphatic rings. The molecule has 1 unspecified atom stereocenters. The molecule has 2 saturated heterocycles. The molecule has 5 heterocycles.